The van der Waals surface area contributed by atoms with Crippen LogP contribution in [-0.4, -0.2) is 73.0 Å². The van der Waals surface area contributed by atoms with Crippen molar-refractivity contribution >= 4 is 57.1 Å². The maximum absolute atomic E-state index is 12.7. The van der Waals surface area contributed by atoms with Gasteiger partial charge in [-0.15, -0.1) is 11.3 Å². The molecule has 2 aliphatic heterocycles. The maximum atomic E-state index is 12.7. The zero-order chi connectivity index (χ0) is 33.4. The Bertz CT molecular complexity index is 1720. The summed E-state index contributed by atoms with van der Waals surface area (Å²) in [5, 5.41) is 10.3. The number of carbonyl (C=O) groups is 3. The molecule has 1 aromatic heterocycles. The highest BCUT2D eigenvalue weighted by atomic mass is 35.5. The molecule has 2 aliphatic rings. The Morgan fingerprint density at radius 2 is 1.91 bits per heavy atom. The number of aromatic nitrogens is 1. The monoisotopic (exact) mass is 677 g/mol. The van der Waals surface area contributed by atoms with Gasteiger partial charge >= 0.3 is 0 Å². The number of benzene rings is 3. The van der Waals surface area contributed by atoms with Crippen molar-refractivity contribution in [3.63, 3.8) is 0 Å². The zero-order valence-electron chi connectivity index (χ0n) is 26.8. The molecule has 248 valence electrons. The van der Waals surface area contributed by atoms with E-state index >= 15 is 0 Å². The van der Waals surface area contributed by atoms with E-state index in [4.69, 9.17) is 26.1 Å². The van der Waals surface area contributed by atoms with Crippen molar-refractivity contribution in [1.82, 2.24) is 20.5 Å². The van der Waals surface area contributed by atoms with Crippen molar-refractivity contribution in [2.75, 3.05) is 38.6 Å². The van der Waals surface area contributed by atoms with Gasteiger partial charge in [0, 0.05) is 63.7 Å². The summed E-state index contributed by atoms with van der Waals surface area (Å²) in [5.74, 6) is 1.29. The average molecular weight is 678 g/mol. The number of amides is 3. The van der Waals surface area contributed by atoms with Crippen LogP contribution in [0.3, 0.4) is 0 Å². The van der Waals surface area contributed by atoms with Crippen LogP contribution in [-0.2, 0) is 20.8 Å². The summed E-state index contributed by atoms with van der Waals surface area (Å²) in [4.78, 5) is 41.5. The number of nitrogens with zero attached hydrogens (tertiary/aromatic N) is 2. The third-order valence-corrected chi connectivity index (χ3v) is 9.65. The highest BCUT2D eigenvalue weighted by Gasteiger charge is 2.43. The molecule has 0 spiro atoms. The number of ether oxygens (including phenoxy) is 2. The molecule has 1 saturated heterocycles. The van der Waals surface area contributed by atoms with Crippen LogP contribution >= 0.6 is 22.9 Å². The topological polar surface area (TPSA) is 122 Å². The van der Waals surface area contributed by atoms with Gasteiger partial charge in [0.25, 0.3) is 5.91 Å². The van der Waals surface area contributed by atoms with Crippen LogP contribution in [0.25, 0.3) is 20.8 Å². The summed E-state index contributed by atoms with van der Waals surface area (Å²) >= 11 is 7.81. The predicted molar refractivity (Wildman–Crippen MR) is 186 cm³/mol. The lowest BCUT2D eigenvalue weighted by molar-refractivity contribution is -0.142. The highest BCUT2D eigenvalue weighted by molar-refractivity contribution is 7.22. The van der Waals surface area contributed by atoms with Crippen molar-refractivity contribution in [3.8, 4) is 22.1 Å². The number of aryl methyl sites for hydroxylation is 1. The molecule has 0 radical (unpaired) electrons. The molecule has 0 atom stereocenters. The molecule has 3 heterocycles. The molecule has 12 heteroatoms. The number of thiazole rings is 1. The first kappa shape index (κ1) is 34.2. The quantitative estimate of drug-likeness (QED) is 0.146. The van der Waals surface area contributed by atoms with Crippen molar-refractivity contribution in [1.29, 1.82) is 0 Å². The largest absolute Gasteiger partial charge is 0.492 e. The van der Waals surface area contributed by atoms with Gasteiger partial charge in [-0.1, -0.05) is 49.7 Å². The summed E-state index contributed by atoms with van der Waals surface area (Å²) in [6.45, 7) is 6.60. The maximum Gasteiger partial charge on any atom is 0.264 e. The molecule has 3 amide bonds. The molecule has 4 aromatic rings. The summed E-state index contributed by atoms with van der Waals surface area (Å²) < 4.78 is 12.9. The Hall–Kier alpha value is -4.19. The molecule has 0 unspecified atom stereocenters. The summed E-state index contributed by atoms with van der Waals surface area (Å²) in [7, 11) is 1.60. The number of carbonyl (C=O) groups excluding carboxylic acids is 3. The van der Waals surface area contributed by atoms with Crippen LogP contribution in [0.5, 0.6) is 11.5 Å². The fourth-order valence-electron chi connectivity index (χ4n) is 5.52. The molecular weight excluding hydrogens is 638 g/mol. The van der Waals surface area contributed by atoms with E-state index in [9.17, 15) is 14.4 Å². The van der Waals surface area contributed by atoms with Crippen LogP contribution in [0.1, 0.15) is 38.7 Å². The van der Waals surface area contributed by atoms with E-state index in [0.29, 0.717) is 55.8 Å². The number of piperidine rings is 1. The molecule has 0 aliphatic carbocycles. The van der Waals surface area contributed by atoms with Gasteiger partial charge in [0.15, 0.2) is 5.60 Å². The second kappa shape index (κ2) is 15.6. The van der Waals surface area contributed by atoms with Gasteiger partial charge in [-0.05, 0) is 42.3 Å². The lowest BCUT2D eigenvalue weighted by atomic mass is 9.90. The Morgan fingerprint density at radius 1 is 1.13 bits per heavy atom. The average Bonchev–Trinajstić information content (AvgIpc) is 3.52. The van der Waals surface area contributed by atoms with Crippen LogP contribution in [0.4, 0.5) is 5.69 Å². The molecule has 3 aromatic carbocycles. The number of hydrogen-bond donors (Lipinski definition) is 3. The third kappa shape index (κ3) is 8.40. The number of fused-ring (bicyclic) bond motifs is 2. The predicted octanol–water partition coefficient (Wildman–Crippen LogP) is 5.68. The van der Waals surface area contributed by atoms with Crippen molar-refractivity contribution in [3.05, 3.63) is 71.2 Å². The Balaban J connectivity index is 0.000000207. The molecular formula is C35H40ClN5O5S. The van der Waals surface area contributed by atoms with E-state index in [0.717, 1.165) is 51.6 Å². The van der Waals surface area contributed by atoms with Crippen molar-refractivity contribution in [2.45, 2.75) is 51.2 Å². The third-order valence-electron chi connectivity index (χ3n) is 8.09. The molecule has 0 saturated carbocycles. The van der Waals surface area contributed by atoms with Gasteiger partial charge in [-0.3, -0.25) is 14.4 Å². The SMILES string of the molecule is CC(C)NCCOc1ccc2c(c1)NC(=O)CC2.CNC(=O)C1(Oc2ccccc2-c2nc3cccc(Cl)c3s2)CCN(C=O)CC1. The number of anilines is 1. The van der Waals surface area contributed by atoms with Gasteiger partial charge in [0.2, 0.25) is 12.3 Å². The Kier molecular flexibility index (Phi) is 11.3. The smallest absolute Gasteiger partial charge is 0.264 e. The first-order chi connectivity index (χ1) is 22.7. The van der Waals surface area contributed by atoms with E-state index in [1.165, 1.54) is 16.9 Å². The van der Waals surface area contributed by atoms with Gasteiger partial charge in [-0.25, -0.2) is 4.98 Å². The number of likely N-dealkylation sites (N-methyl/N-ethyl adjacent to an activating group) is 1. The van der Waals surface area contributed by atoms with Crippen LogP contribution in [0.15, 0.2) is 60.7 Å². The zero-order valence-corrected chi connectivity index (χ0v) is 28.4. The minimum absolute atomic E-state index is 0.0844. The normalized spacial score (nSPS) is 15.3. The van der Waals surface area contributed by atoms with E-state index in [-0.39, 0.29) is 11.8 Å². The fourth-order valence-corrected chi connectivity index (χ4v) is 6.81. The van der Waals surface area contributed by atoms with Crippen LogP contribution in [0.2, 0.25) is 5.02 Å². The van der Waals surface area contributed by atoms with E-state index in [1.807, 2.05) is 60.7 Å². The first-order valence-corrected chi connectivity index (χ1v) is 16.9. The van der Waals surface area contributed by atoms with Crippen molar-refractivity contribution in [2.24, 2.45) is 0 Å². The molecule has 10 nitrogen and oxygen atoms in total. The van der Waals surface area contributed by atoms with E-state index in [1.54, 1.807) is 11.9 Å². The number of para-hydroxylation sites is 1. The van der Waals surface area contributed by atoms with Crippen LogP contribution in [0, 0.1) is 0 Å². The second-order valence-electron chi connectivity index (χ2n) is 11.7. The minimum Gasteiger partial charge on any atom is -0.492 e. The van der Waals surface area contributed by atoms with E-state index < -0.39 is 5.60 Å². The molecule has 1 fully saturated rings. The van der Waals surface area contributed by atoms with Gasteiger partial charge in [-0.2, -0.15) is 0 Å². The summed E-state index contributed by atoms with van der Waals surface area (Å²) in [6, 6.07) is 19.6. The van der Waals surface area contributed by atoms with Gasteiger partial charge < -0.3 is 30.3 Å². The molecule has 6 rings (SSSR count). The van der Waals surface area contributed by atoms with Gasteiger partial charge in [0.1, 0.15) is 23.1 Å². The van der Waals surface area contributed by atoms with Crippen molar-refractivity contribution < 1.29 is 23.9 Å². The van der Waals surface area contributed by atoms with Gasteiger partial charge in [0.05, 0.1) is 20.8 Å². The fraction of sp³-hybridized carbons (Fsp3) is 0.371. The Labute approximate surface area is 283 Å². The lowest BCUT2D eigenvalue weighted by Gasteiger charge is -2.39. The second-order valence-corrected chi connectivity index (χ2v) is 13.2. The van der Waals surface area contributed by atoms with Crippen LogP contribution < -0.4 is 25.4 Å². The molecule has 3 N–H and O–H groups in total. The summed E-state index contributed by atoms with van der Waals surface area (Å²) in [6.07, 6.45) is 3.05. The number of nitrogens with one attached hydrogen (secondary N) is 3. The van der Waals surface area contributed by atoms with E-state index in [2.05, 4.69) is 29.8 Å². The highest BCUT2D eigenvalue weighted by Crippen LogP contribution is 2.40. The Morgan fingerprint density at radius 3 is 2.64 bits per heavy atom. The number of halogens is 1. The number of rotatable bonds is 10. The standard InChI is InChI=1S/C21H20ClN3O3S.C14H20N2O2/c1-23-20(27)21(9-11-25(13-26)12-10-21)28-17-8-3-2-5-14(17)19-24-16-7-4-6-15(22)18(16)29-19;1-10(2)15-7-8-18-12-5-3-11-4-6-14(17)16-13(11)9-12/h2-8,13H,9-12H2,1H3,(H,23,27);3,5,9-10,15H,4,6-8H2,1-2H3,(H,16,17). The lowest BCUT2D eigenvalue weighted by Crippen LogP contribution is -2.56. The number of hydrogen-bond acceptors (Lipinski definition) is 8. The minimum atomic E-state index is -1.03. The first-order valence-electron chi connectivity index (χ1n) is 15.8. The number of likely N-dealkylation sites (tertiary alicyclic amines) is 1. The molecule has 47 heavy (non-hydrogen) atoms. The molecule has 0 bridgehead atoms. The summed E-state index contributed by atoms with van der Waals surface area (Å²) in [5.41, 5.74) is 2.68.